The van der Waals surface area contributed by atoms with Crippen LogP contribution in [0.2, 0.25) is 0 Å². The molecule has 0 aliphatic carbocycles. The summed E-state index contributed by atoms with van der Waals surface area (Å²) in [5.41, 5.74) is 0. The second-order valence-corrected chi connectivity index (χ2v) is 2.41. The molecule has 0 fully saturated rings. The molecule has 0 amide bonds. The Labute approximate surface area is 54.1 Å². The van der Waals surface area contributed by atoms with Crippen LogP contribution >= 0.6 is 10.7 Å². The number of hydrogen-bond donors (Lipinski definition) is 2. The summed E-state index contributed by atoms with van der Waals surface area (Å²) in [6.45, 7) is 0. The van der Waals surface area contributed by atoms with Crippen LogP contribution in [0.5, 0.6) is 0 Å². The molecule has 0 bridgehead atoms. The zero-order valence-corrected chi connectivity index (χ0v) is 7.07. The van der Waals surface area contributed by atoms with Gasteiger partial charge in [-0.05, 0) is 0 Å². The van der Waals surface area contributed by atoms with Crippen molar-refractivity contribution in [1.82, 2.24) is 0 Å². The van der Waals surface area contributed by atoms with Crippen LogP contribution in [-0.2, 0) is 9.33 Å². The zero-order valence-electron chi connectivity index (χ0n) is 3.50. The highest BCUT2D eigenvalue weighted by atomic mass is 35.7. The van der Waals surface area contributed by atoms with E-state index in [2.05, 4.69) is 10.7 Å². The van der Waals surface area contributed by atoms with E-state index in [1.165, 1.54) is 0 Å². The molecule has 0 aromatic heterocycles. The van der Waals surface area contributed by atoms with Gasteiger partial charge in [-0.1, -0.05) is 0 Å². The van der Waals surface area contributed by atoms with Gasteiger partial charge in [0, 0.05) is 10.7 Å². The van der Waals surface area contributed by atoms with Crippen molar-refractivity contribution in [3.63, 3.8) is 0 Å². The Balaban J connectivity index is 0. The smallest absolute Gasteiger partial charge is 0.407 e. The fourth-order valence-corrected chi connectivity index (χ4v) is 0. The molecule has 0 atom stereocenters. The van der Waals surface area contributed by atoms with E-state index < -0.39 is 9.33 Å². The molecule has 0 spiro atoms. The van der Waals surface area contributed by atoms with Crippen molar-refractivity contribution in [2.45, 2.75) is 0 Å². The molecule has 44 valence electrons. The van der Waals surface area contributed by atoms with Crippen LogP contribution in [0.1, 0.15) is 0 Å². The summed E-state index contributed by atoms with van der Waals surface area (Å²) < 4.78 is 32.3. The van der Waals surface area contributed by atoms with E-state index in [4.69, 9.17) is 17.1 Å². The fraction of sp³-hybridized carbons (Fsp3) is 0. The minimum absolute atomic E-state index is 0.306. The van der Waals surface area contributed by atoms with Crippen LogP contribution < -0.4 is 0 Å². The molecular weight excluding hydrogens is 158 g/mol. The Hall–Kier alpha value is 0.692. The van der Waals surface area contributed by atoms with Crippen molar-refractivity contribution < 1.29 is 17.1 Å². The second-order valence-electron chi connectivity index (χ2n) is 0.412. The van der Waals surface area contributed by atoms with E-state index in [1.54, 1.807) is 0 Å². The minimum Gasteiger partial charge on any atom is -0.521 e. The zero-order chi connectivity index (χ0) is 6.50. The lowest BCUT2D eigenvalue weighted by Crippen LogP contribution is -1.77. The lowest BCUT2D eigenvalue weighted by atomic mass is 15.9. The third-order valence-electron chi connectivity index (χ3n) is 0. The Morgan fingerprint density at radius 1 is 1.43 bits per heavy atom. The van der Waals surface area contributed by atoms with E-state index in [-0.39, 0.29) is 0 Å². The number of rotatable bonds is 0. The Morgan fingerprint density at radius 3 is 1.43 bits per heavy atom. The standard InChI is InChI=1S/Al.ClHO3S.H2O.2H/c;1-5(2,3)4;;;/h;(H,2,3,4);1H2;;/q+1;;;;/p-1. The summed E-state index contributed by atoms with van der Waals surface area (Å²) in [6, 6.07) is 0. The van der Waals surface area contributed by atoms with Crippen molar-refractivity contribution in [1.29, 1.82) is 0 Å². The lowest BCUT2D eigenvalue weighted by Gasteiger charge is -1.65. The topological polar surface area (TPSA) is 74.6 Å². The molecule has 0 aromatic rings. The first-order chi connectivity index (χ1) is 3.00. The van der Waals surface area contributed by atoms with E-state index in [0.717, 1.165) is 0 Å². The molecule has 0 radical (unpaired) electrons. The summed E-state index contributed by atoms with van der Waals surface area (Å²) in [7, 11) is -0.137. The van der Waals surface area contributed by atoms with Gasteiger partial charge < -0.3 is 4.16 Å². The van der Waals surface area contributed by atoms with Crippen LogP contribution in [-0.4, -0.2) is 33.8 Å². The van der Waals surface area contributed by atoms with Gasteiger partial charge in [-0.15, -0.1) is 0 Å². The molecule has 0 unspecified atom stereocenters. The van der Waals surface area contributed by atoms with E-state index in [9.17, 15) is 0 Å². The maximum atomic E-state index is 8.95. The van der Waals surface area contributed by atoms with Crippen LogP contribution in [0.4, 0.5) is 0 Å². The van der Waals surface area contributed by atoms with Gasteiger partial charge in [0.15, 0.2) is 0 Å². The maximum Gasteiger partial charge on any atom is 0.407 e. The van der Waals surface area contributed by atoms with Gasteiger partial charge in [0.25, 0.3) is 0 Å². The van der Waals surface area contributed by atoms with Crippen LogP contribution in [0.25, 0.3) is 0 Å². The number of hydrogen-bond acceptors (Lipinski definition) is 3. The third-order valence-corrected chi connectivity index (χ3v) is 0. The first-order valence-corrected chi connectivity index (χ1v) is 4.28. The Kier molecular flexibility index (Phi) is 7.35. The van der Waals surface area contributed by atoms with E-state index in [1.807, 2.05) is 0 Å². The molecule has 0 rings (SSSR count). The molecule has 0 saturated heterocycles. The molecule has 0 saturated carbocycles. The quantitative estimate of drug-likeness (QED) is 0.260. The molecular formula is H4AlClO4S. The predicted molar refractivity (Wildman–Crippen MR) is 28.2 cm³/mol. The van der Waals surface area contributed by atoms with Gasteiger partial charge in [-0.25, -0.2) is 0 Å². The predicted octanol–water partition coefficient (Wildman–Crippen LogP) is -1.45. The molecule has 7 heteroatoms. The minimum atomic E-state index is -4.19. The van der Waals surface area contributed by atoms with Gasteiger partial charge in [-0.3, -0.25) is 4.55 Å². The highest BCUT2D eigenvalue weighted by molar-refractivity contribution is 8.09. The molecule has 2 N–H and O–H groups in total. The van der Waals surface area contributed by atoms with Gasteiger partial charge in [0.1, 0.15) is 0 Å². The van der Waals surface area contributed by atoms with Crippen molar-refractivity contribution >= 4 is 36.6 Å². The molecule has 4 nitrogen and oxygen atoms in total. The lowest BCUT2D eigenvalue weighted by molar-refractivity contribution is 0.501. The van der Waals surface area contributed by atoms with Gasteiger partial charge >= 0.3 is 26.0 Å². The maximum absolute atomic E-state index is 8.95. The molecule has 7 heavy (non-hydrogen) atoms. The van der Waals surface area contributed by atoms with Crippen LogP contribution in [0.15, 0.2) is 0 Å². The van der Waals surface area contributed by atoms with Gasteiger partial charge in [-0.2, -0.15) is 8.42 Å². The average Bonchev–Trinajstić information content (AvgIpc) is 1.36. The van der Waals surface area contributed by atoms with E-state index >= 15 is 0 Å². The molecule has 0 aliphatic heterocycles. The normalized spacial score (nSPS) is 9.00. The van der Waals surface area contributed by atoms with Gasteiger partial charge in [0.05, 0.1) is 0 Å². The molecule has 0 aliphatic rings. The number of halogens is 1. The van der Waals surface area contributed by atoms with Gasteiger partial charge in [0.2, 0.25) is 0 Å². The van der Waals surface area contributed by atoms with Crippen LogP contribution in [0.3, 0.4) is 0 Å². The Bertz CT molecular complexity index is 94.9. The highest BCUT2D eigenvalue weighted by Gasteiger charge is 1.86. The summed E-state index contributed by atoms with van der Waals surface area (Å²) in [5, 5.41) is 0. The molecule has 0 aromatic carbocycles. The Morgan fingerprint density at radius 2 is 1.43 bits per heavy atom. The summed E-state index contributed by atoms with van der Waals surface area (Å²) in [4.78, 5) is 0. The van der Waals surface area contributed by atoms with E-state index in [0.29, 0.717) is 16.6 Å². The SMILES string of the molecule is O=S(=O)(O)Cl.[OH][AlH2]. The first kappa shape index (κ1) is 10.6. The highest BCUT2D eigenvalue weighted by Crippen LogP contribution is 1.82. The monoisotopic (exact) mass is 162 g/mol. The first-order valence-electron chi connectivity index (χ1n) is 1.12. The third kappa shape index (κ3) is 307. The largest absolute Gasteiger partial charge is 0.521 e. The van der Waals surface area contributed by atoms with Crippen molar-refractivity contribution in [2.24, 2.45) is 0 Å². The average molecular weight is 163 g/mol. The summed E-state index contributed by atoms with van der Waals surface area (Å²) in [6.07, 6.45) is 0. The second kappa shape index (κ2) is 4.84. The fourth-order valence-electron chi connectivity index (χ4n) is 0. The summed E-state index contributed by atoms with van der Waals surface area (Å²) in [5.74, 6) is 0. The van der Waals surface area contributed by atoms with Crippen LogP contribution in [0, 0.1) is 0 Å². The van der Waals surface area contributed by atoms with Crippen molar-refractivity contribution in [2.75, 3.05) is 0 Å². The summed E-state index contributed by atoms with van der Waals surface area (Å²) >= 11 is 0.306. The van der Waals surface area contributed by atoms with Crippen molar-refractivity contribution in [3.05, 3.63) is 0 Å². The molecule has 0 heterocycles. The van der Waals surface area contributed by atoms with Crippen molar-refractivity contribution in [3.8, 4) is 0 Å².